The molecule has 1 aromatic heterocycles. The molecule has 0 unspecified atom stereocenters. The lowest BCUT2D eigenvalue weighted by Crippen LogP contribution is -2.56. The van der Waals surface area contributed by atoms with E-state index in [9.17, 15) is 0 Å². The van der Waals surface area contributed by atoms with Crippen molar-refractivity contribution in [2.24, 2.45) is 0 Å². The van der Waals surface area contributed by atoms with Crippen molar-refractivity contribution in [1.29, 1.82) is 0 Å². The maximum Gasteiger partial charge on any atom is 0.318 e. The predicted octanol–water partition coefficient (Wildman–Crippen LogP) is 0.933. The first-order chi connectivity index (χ1) is 9.21. The second-order valence-electron chi connectivity index (χ2n) is 5.59. The van der Waals surface area contributed by atoms with E-state index >= 15 is 0 Å². The fraction of sp³-hybridized carbons (Fsp3) is 0.846. The van der Waals surface area contributed by atoms with Gasteiger partial charge in [0.25, 0.3) is 0 Å². The van der Waals surface area contributed by atoms with E-state index in [0.29, 0.717) is 11.9 Å². The summed E-state index contributed by atoms with van der Waals surface area (Å²) in [5.74, 6) is 0.707. The van der Waals surface area contributed by atoms with Crippen LogP contribution in [-0.2, 0) is 11.2 Å². The van der Waals surface area contributed by atoms with Gasteiger partial charge in [-0.05, 0) is 19.9 Å². The van der Waals surface area contributed by atoms with Crippen LogP contribution in [0.3, 0.4) is 0 Å². The lowest BCUT2D eigenvalue weighted by atomic mass is 9.89. The number of anilines is 1. The van der Waals surface area contributed by atoms with Crippen LogP contribution in [0.5, 0.6) is 0 Å². The first-order valence-corrected chi connectivity index (χ1v) is 7.11. The molecule has 0 atom stereocenters. The molecule has 0 bridgehead atoms. The van der Waals surface area contributed by atoms with Crippen molar-refractivity contribution < 1.29 is 9.15 Å². The minimum atomic E-state index is -0.0222. The molecular formula is C13H22N4O2. The third-order valence-electron chi connectivity index (χ3n) is 4.18. The first-order valence-electron chi connectivity index (χ1n) is 7.11. The smallest absolute Gasteiger partial charge is 0.318 e. The number of piperidine rings is 1. The Morgan fingerprint density at radius 1 is 1.21 bits per heavy atom. The number of nitrogens with zero attached hydrogens (tertiary/aromatic N) is 4. The lowest BCUT2D eigenvalue weighted by Gasteiger charge is -2.46. The summed E-state index contributed by atoms with van der Waals surface area (Å²) in [6.45, 7) is 6.66. The van der Waals surface area contributed by atoms with Crippen molar-refractivity contribution >= 4 is 6.01 Å². The summed E-state index contributed by atoms with van der Waals surface area (Å²) in [6.07, 6.45) is 2.94. The molecule has 2 fully saturated rings. The molecule has 1 spiro atoms. The average molecular weight is 266 g/mol. The quantitative estimate of drug-likeness (QED) is 0.794. The predicted molar refractivity (Wildman–Crippen MR) is 71.3 cm³/mol. The van der Waals surface area contributed by atoms with Crippen LogP contribution in [0.4, 0.5) is 6.01 Å². The molecule has 0 saturated carbocycles. The summed E-state index contributed by atoms with van der Waals surface area (Å²) in [4.78, 5) is 4.54. The molecule has 0 amide bonds. The average Bonchev–Trinajstić information content (AvgIpc) is 2.92. The Morgan fingerprint density at radius 2 is 2.00 bits per heavy atom. The number of hydrogen-bond donors (Lipinski definition) is 0. The zero-order valence-electron chi connectivity index (χ0n) is 11.8. The number of aryl methyl sites for hydroxylation is 1. The van der Waals surface area contributed by atoms with Gasteiger partial charge < -0.3 is 19.0 Å². The Hall–Kier alpha value is -1.14. The molecule has 6 nitrogen and oxygen atoms in total. The van der Waals surface area contributed by atoms with Gasteiger partial charge in [-0.3, -0.25) is 0 Å². The Kier molecular flexibility index (Phi) is 3.45. The van der Waals surface area contributed by atoms with Crippen LogP contribution >= 0.6 is 0 Å². The highest BCUT2D eigenvalue weighted by Gasteiger charge is 2.40. The topological polar surface area (TPSA) is 54.6 Å². The second-order valence-corrected chi connectivity index (χ2v) is 5.59. The van der Waals surface area contributed by atoms with Gasteiger partial charge in [0.1, 0.15) is 0 Å². The Balaban J connectivity index is 1.70. The van der Waals surface area contributed by atoms with Gasteiger partial charge in [-0.2, -0.15) is 0 Å². The zero-order valence-corrected chi connectivity index (χ0v) is 11.8. The SMILES string of the molecule is CCc1nnc(N2CCOC3(CCN(C)CC3)C2)o1. The molecule has 0 N–H and O–H groups in total. The van der Waals surface area contributed by atoms with E-state index in [1.807, 2.05) is 6.92 Å². The molecule has 1 aromatic rings. The molecule has 3 heterocycles. The maximum atomic E-state index is 6.08. The van der Waals surface area contributed by atoms with E-state index < -0.39 is 0 Å². The van der Waals surface area contributed by atoms with Crippen molar-refractivity contribution in [2.75, 3.05) is 44.7 Å². The lowest BCUT2D eigenvalue weighted by molar-refractivity contribution is -0.0892. The van der Waals surface area contributed by atoms with Crippen molar-refractivity contribution in [3.8, 4) is 0 Å². The Labute approximate surface area is 113 Å². The van der Waals surface area contributed by atoms with E-state index in [-0.39, 0.29) is 5.60 Å². The Bertz CT molecular complexity index is 426. The van der Waals surface area contributed by atoms with E-state index in [2.05, 4.69) is 27.0 Å². The molecule has 2 aliphatic heterocycles. The van der Waals surface area contributed by atoms with Gasteiger partial charge in [0.15, 0.2) is 0 Å². The highest BCUT2D eigenvalue weighted by molar-refractivity contribution is 5.27. The van der Waals surface area contributed by atoms with Crippen LogP contribution in [0.15, 0.2) is 4.42 Å². The third-order valence-corrected chi connectivity index (χ3v) is 4.18. The molecule has 2 saturated heterocycles. The molecule has 0 aliphatic carbocycles. The summed E-state index contributed by atoms with van der Waals surface area (Å²) in [5.41, 5.74) is -0.0222. The summed E-state index contributed by atoms with van der Waals surface area (Å²) in [5, 5.41) is 8.20. The van der Waals surface area contributed by atoms with Crippen LogP contribution < -0.4 is 4.90 Å². The standard InChI is InChI=1S/C13H22N4O2/c1-3-11-14-15-12(19-11)17-8-9-18-13(10-17)4-6-16(2)7-5-13/h3-10H2,1-2H3. The minimum Gasteiger partial charge on any atom is -0.408 e. The summed E-state index contributed by atoms with van der Waals surface area (Å²) < 4.78 is 11.7. The van der Waals surface area contributed by atoms with Gasteiger partial charge in [0, 0.05) is 26.1 Å². The van der Waals surface area contributed by atoms with Gasteiger partial charge in [-0.1, -0.05) is 12.0 Å². The minimum absolute atomic E-state index is 0.0222. The molecule has 3 rings (SSSR count). The van der Waals surface area contributed by atoms with Gasteiger partial charge in [0.05, 0.1) is 18.8 Å². The molecule has 0 aromatic carbocycles. The Morgan fingerprint density at radius 3 is 2.68 bits per heavy atom. The van der Waals surface area contributed by atoms with Crippen LogP contribution in [-0.4, -0.2) is 60.5 Å². The van der Waals surface area contributed by atoms with Crippen LogP contribution in [0.25, 0.3) is 0 Å². The summed E-state index contributed by atoms with van der Waals surface area (Å²) in [6, 6.07) is 0.651. The highest BCUT2D eigenvalue weighted by atomic mass is 16.5. The first kappa shape index (κ1) is 12.9. The molecule has 0 radical (unpaired) electrons. The number of hydrogen-bond acceptors (Lipinski definition) is 6. The molecular weight excluding hydrogens is 244 g/mol. The van der Waals surface area contributed by atoms with Crippen molar-refractivity contribution in [2.45, 2.75) is 31.8 Å². The molecule has 2 aliphatic rings. The van der Waals surface area contributed by atoms with E-state index in [4.69, 9.17) is 9.15 Å². The fourth-order valence-corrected chi connectivity index (χ4v) is 2.85. The van der Waals surface area contributed by atoms with E-state index in [1.165, 1.54) is 0 Å². The van der Waals surface area contributed by atoms with Crippen molar-refractivity contribution in [3.63, 3.8) is 0 Å². The fourth-order valence-electron chi connectivity index (χ4n) is 2.85. The van der Waals surface area contributed by atoms with E-state index in [1.54, 1.807) is 0 Å². The summed E-state index contributed by atoms with van der Waals surface area (Å²) >= 11 is 0. The van der Waals surface area contributed by atoms with Crippen molar-refractivity contribution in [1.82, 2.24) is 15.1 Å². The third kappa shape index (κ3) is 2.60. The van der Waals surface area contributed by atoms with Gasteiger partial charge in [0.2, 0.25) is 5.89 Å². The summed E-state index contributed by atoms with van der Waals surface area (Å²) in [7, 11) is 2.17. The van der Waals surface area contributed by atoms with Gasteiger partial charge in [-0.15, -0.1) is 5.10 Å². The normalized spacial score (nSPS) is 24.0. The highest BCUT2D eigenvalue weighted by Crippen LogP contribution is 2.31. The number of ether oxygens (including phenoxy) is 1. The number of rotatable bonds is 2. The number of aromatic nitrogens is 2. The van der Waals surface area contributed by atoms with Crippen LogP contribution in [0.2, 0.25) is 0 Å². The second kappa shape index (κ2) is 5.09. The molecule has 6 heteroatoms. The molecule has 19 heavy (non-hydrogen) atoms. The number of morpholine rings is 1. The maximum absolute atomic E-state index is 6.08. The van der Waals surface area contributed by atoms with Crippen LogP contribution in [0.1, 0.15) is 25.7 Å². The van der Waals surface area contributed by atoms with E-state index in [0.717, 1.165) is 52.0 Å². The van der Waals surface area contributed by atoms with Gasteiger partial charge in [-0.25, -0.2) is 0 Å². The van der Waals surface area contributed by atoms with Gasteiger partial charge >= 0.3 is 6.01 Å². The van der Waals surface area contributed by atoms with Crippen LogP contribution in [0, 0.1) is 0 Å². The largest absolute Gasteiger partial charge is 0.408 e. The van der Waals surface area contributed by atoms with Crippen molar-refractivity contribution in [3.05, 3.63) is 5.89 Å². The zero-order chi connectivity index (χ0) is 13.3. The molecule has 106 valence electrons. The monoisotopic (exact) mass is 266 g/mol. The number of likely N-dealkylation sites (tertiary alicyclic amines) is 1.